The van der Waals surface area contributed by atoms with E-state index < -0.39 is 5.97 Å². The van der Waals surface area contributed by atoms with E-state index in [1.54, 1.807) is 28.8 Å². The second kappa shape index (κ2) is 4.18. The lowest BCUT2D eigenvalue weighted by molar-refractivity contribution is 0.0591. The number of esters is 1. The number of ether oxygens (including phenoxy) is 1. The molecule has 0 unspecified atom stereocenters. The van der Waals surface area contributed by atoms with E-state index in [0.29, 0.717) is 12.2 Å². The highest BCUT2D eigenvalue weighted by atomic mass is 16.5. The Kier molecular flexibility index (Phi) is 2.72. The molecule has 2 heterocycles. The van der Waals surface area contributed by atoms with Gasteiger partial charge in [-0.3, -0.25) is 9.36 Å². The van der Waals surface area contributed by atoms with Crippen LogP contribution < -0.4 is 0 Å². The van der Waals surface area contributed by atoms with E-state index in [9.17, 15) is 4.79 Å². The van der Waals surface area contributed by atoms with Gasteiger partial charge in [-0.2, -0.15) is 10.2 Å². The summed E-state index contributed by atoms with van der Waals surface area (Å²) in [5.41, 5.74) is 1.12. The maximum atomic E-state index is 11.4. The van der Waals surface area contributed by atoms with Crippen molar-refractivity contribution in [2.45, 2.75) is 6.54 Å². The summed E-state index contributed by atoms with van der Waals surface area (Å²) >= 11 is 0. The molecule has 6 nitrogen and oxygen atoms in total. The molecule has 0 radical (unpaired) electrons. The number of aryl methyl sites for hydroxylation is 1. The average Bonchev–Trinajstić information content (AvgIpc) is 2.88. The maximum Gasteiger partial charge on any atom is 0.358 e. The number of carbonyl (C=O) groups is 1. The van der Waals surface area contributed by atoms with Gasteiger partial charge >= 0.3 is 5.97 Å². The Balaban J connectivity index is 2.29. The van der Waals surface area contributed by atoms with Crippen molar-refractivity contribution in [1.29, 1.82) is 0 Å². The smallest absolute Gasteiger partial charge is 0.358 e. The van der Waals surface area contributed by atoms with Crippen LogP contribution in [0.5, 0.6) is 0 Å². The van der Waals surface area contributed by atoms with Crippen molar-refractivity contribution in [2.24, 2.45) is 7.05 Å². The first-order chi connectivity index (χ1) is 7.70. The van der Waals surface area contributed by atoms with E-state index in [0.717, 1.165) is 5.56 Å². The summed E-state index contributed by atoms with van der Waals surface area (Å²) in [7, 11) is 3.10. The van der Waals surface area contributed by atoms with Crippen molar-refractivity contribution >= 4 is 5.97 Å². The lowest BCUT2D eigenvalue weighted by atomic mass is 10.2. The molecule has 0 aliphatic carbocycles. The van der Waals surface area contributed by atoms with Crippen LogP contribution in [-0.2, 0) is 18.3 Å². The van der Waals surface area contributed by atoms with Gasteiger partial charge in [-0.1, -0.05) is 0 Å². The molecular formula is C10H12N4O2. The van der Waals surface area contributed by atoms with E-state index in [1.165, 1.54) is 7.11 Å². The van der Waals surface area contributed by atoms with Gasteiger partial charge in [0.2, 0.25) is 0 Å². The minimum absolute atomic E-state index is 0.334. The Bertz CT molecular complexity index is 487. The number of aromatic nitrogens is 4. The topological polar surface area (TPSA) is 61.9 Å². The molecule has 0 atom stereocenters. The van der Waals surface area contributed by atoms with Gasteiger partial charge in [0, 0.05) is 31.2 Å². The summed E-state index contributed by atoms with van der Waals surface area (Å²) in [5, 5.41) is 8.14. The molecule has 0 N–H and O–H groups in total. The third-order valence-electron chi connectivity index (χ3n) is 2.17. The molecule has 16 heavy (non-hydrogen) atoms. The van der Waals surface area contributed by atoms with Crippen LogP contribution in [0.1, 0.15) is 16.1 Å². The zero-order chi connectivity index (χ0) is 11.5. The van der Waals surface area contributed by atoms with E-state index in [1.807, 2.05) is 12.3 Å². The summed E-state index contributed by atoms with van der Waals surface area (Å²) in [6.07, 6.45) is 5.30. The van der Waals surface area contributed by atoms with Crippen LogP contribution in [0, 0.1) is 0 Å². The molecule has 0 fully saturated rings. The molecule has 2 rings (SSSR count). The first kappa shape index (κ1) is 10.4. The number of rotatable bonds is 3. The Morgan fingerprint density at radius 1 is 1.56 bits per heavy atom. The minimum atomic E-state index is -0.428. The first-order valence-electron chi connectivity index (χ1n) is 4.79. The second-order valence-electron chi connectivity index (χ2n) is 3.37. The summed E-state index contributed by atoms with van der Waals surface area (Å²) in [5.74, 6) is -0.428. The van der Waals surface area contributed by atoms with Gasteiger partial charge < -0.3 is 4.74 Å². The minimum Gasteiger partial charge on any atom is -0.464 e. The molecule has 0 aliphatic rings. The molecular weight excluding hydrogens is 208 g/mol. The van der Waals surface area contributed by atoms with Crippen LogP contribution in [-0.4, -0.2) is 32.6 Å². The van der Waals surface area contributed by atoms with Gasteiger partial charge in [0.1, 0.15) is 0 Å². The largest absolute Gasteiger partial charge is 0.464 e. The molecule has 2 aromatic heterocycles. The molecule has 0 saturated carbocycles. The van der Waals surface area contributed by atoms with Gasteiger partial charge in [0.05, 0.1) is 13.7 Å². The fourth-order valence-electron chi connectivity index (χ4n) is 1.49. The number of carbonyl (C=O) groups excluding carboxylic acids is 1. The van der Waals surface area contributed by atoms with Gasteiger partial charge in [0.15, 0.2) is 5.69 Å². The molecule has 0 aromatic carbocycles. The zero-order valence-corrected chi connectivity index (χ0v) is 9.12. The van der Waals surface area contributed by atoms with Crippen LogP contribution in [0.15, 0.2) is 24.7 Å². The quantitative estimate of drug-likeness (QED) is 0.705. The number of nitrogens with zero attached hydrogens (tertiary/aromatic N) is 4. The Labute approximate surface area is 92.4 Å². The monoisotopic (exact) mass is 220 g/mol. The molecule has 0 bridgehead atoms. The fourth-order valence-corrected chi connectivity index (χ4v) is 1.49. The summed E-state index contributed by atoms with van der Waals surface area (Å²) in [4.78, 5) is 11.4. The van der Waals surface area contributed by atoms with Gasteiger partial charge in [-0.15, -0.1) is 0 Å². The standard InChI is InChI=1S/C10H12N4O2/c1-13-6-8(7-14-5-3-4-11-14)9(12-13)10(15)16-2/h3-6H,7H2,1-2H3. The lowest BCUT2D eigenvalue weighted by Crippen LogP contribution is -2.08. The van der Waals surface area contributed by atoms with Gasteiger partial charge in [0.25, 0.3) is 0 Å². The van der Waals surface area contributed by atoms with E-state index in [2.05, 4.69) is 14.9 Å². The van der Waals surface area contributed by atoms with E-state index >= 15 is 0 Å². The summed E-state index contributed by atoms with van der Waals surface area (Å²) < 4.78 is 7.98. The van der Waals surface area contributed by atoms with Crippen LogP contribution >= 0.6 is 0 Å². The highest BCUT2D eigenvalue weighted by Crippen LogP contribution is 2.09. The Morgan fingerprint density at radius 3 is 3.00 bits per heavy atom. The van der Waals surface area contributed by atoms with E-state index in [4.69, 9.17) is 0 Å². The van der Waals surface area contributed by atoms with Crippen molar-refractivity contribution in [1.82, 2.24) is 19.6 Å². The van der Waals surface area contributed by atoms with Crippen molar-refractivity contribution in [3.8, 4) is 0 Å². The summed E-state index contributed by atoms with van der Waals surface area (Å²) in [6, 6.07) is 1.83. The van der Waals surface area contributed by atoms with Crippen LogP contribution in [0.3, 0.4) is 0 Å². The highest BCUT2D eigenvalue weighted by Gasteiger charge is 2.16. The predicted molar refractivity (Wildman–Crippen MR) is 55.9 cm³/mol. The normalized spacial score (nSPS) is 10.4. The van der Waals surface area contributed by atoms with Crippen LogP contribution in [0.2, 0.25) is 0 Å². The number of hydrogen-bond donors (Lipinski definition) is 0. The van der Waals surface area contributed by atoms with Crippen molar-refractivity contribution in [2.75, 3.05) is 7.11 Å². The predicted octanol–water partition coefficient (Wildman–Crippen LogP) is 0.451. The lowest BCUT2D eigenvalue weighted by Gasteiger charge is -2.00. The van der Waals surface area contributed by atoms with Gasteiger partial charge in [-0.25, -0.2) is 4.79 Å². The Hall–Kier alpha value is -2.11. The molecule has 0 amide bonds. The number of hydrogen-bond acceptors (Lipinski definition) is 4. The third-order valence-corrected chi connectivity index (χ3v) is 2.17. The summed E-state index contributed by atoms with van der Waals surface area (Å²) in [6.45, 7) is 0.505. The third kappa shape index (κ3) is 1.95. The molecule has 84 valence electrons. The molecule has 6 heteroatoms. The molecule has 2 aromatic rings. The van der Waals surface area contributed by atoms with Crippen molar-refractivity contribution in [3.05, 3.63) is 35.9 Å². The molecule has 0 aliphatic heterocycles. The molecule has 0 spiro atoms. The van der Waals surface area contributed by atoms with Crippen LogP contribution in [0.4, 0.5) is 0 Å². The Morgan fingerprint density at radius 2 is 2.38 bits per heavy atom. The van der Waals surface area contributed by atoms with Crippen LogP contribution in [0.25, 0.3) is 0 Å². The zero-order valence-electron chi connectivity index (χ0n) is 9.12. The van der Waals surface area contributed by atoms with E-state index in [-0.39, 0.29) is 0 Å². The van der Waals surface area contributed by atoms with Crippen molar-refractivity contribution in [3.63, 3.8) is 0 Å². The second-order valence-corrected chi connectivity index (χ2v) is 3.37. The fraction of sp³-hybridized carbons (Fsp3) is 0.300. The van der Waals surface area contributed by atoms with Gasteiger partial charge in [-0.05, 0) is 6.07 Å². The van der Waals surface area contributed by atoms with Crippen molar-refractivity contribution < 1.29 is 9.53 Å². The SMILES string of the molecule is COC(=O)c1nn(C)cc1Cn1cccn1. The molecule has 0 saturated heterocycles. The maximum absolute atomic E-state index is 11.4. The average molecular weight is 220 g/mol. The highest BCUT2D eigenvalue weighted by molar-refractivity contribution is 5.88. The number of methoxy groups -OCH3 is 1. The first-order valence-corrected chi connectivity index (χ1v) is 4.79.